The molecule has 0 fully saturated rings. The third kappa shape index (κ3) is 6.44. The quantitative estimate of drug-likeness (QED) is 0.695. The summed E-state index contributed by atoms with van der Waals surface area (Å²) in [6, 6.07) is 8.89. The molecule has 0 saturated heterocycles. The molecule has 1 N–H and O–H groups in total. The van der Waals surface area contributed by atoms with Crippen molar-refractivity contribution in [2.24, 2.45) is 0 Å². The Labute approximate surface area is 106 Å². The van der Waals surface area contributed by atoms with E-state index in [1.54, 1.807) is 0 Å². The maximum absolute atomic E-state index is 3.35. The zero-order chi connectivity index (χ0) is 12.5. The maximum atomic E-state index is 3.35. The van der Waals surface area contributed by atoms with Crippen molar-refractivity contribution in [2.75, 3.05) is 33.2 Å². The van der Waals surface area contributed by atoms with E-state index in [9.17, 15) is 0 Å². The molecule has 0 heterocycles. The van der Waals surface area contributed by atoms with Gasteiger partial charge in [-0.15, -0.1) is 0 Å². The molecule has 0 aliphatic rings. The minimum Gasteiger partial charge on any atom is -0.316 e. The molecule has 0 aromatic heterocycles. The first-order valence-corrected chi connectivity index (χ1v) is 6.67. The molecule has 0 spiro atoms. The number of aryl methyl sites for hydroxylation is 2. The van der Waals surface area contributed by atoms with Gasteiger partial charge in [-0.3, -0.25) is 0 Å². The molecule has 1 aromatic rings. The largest absolute Gasteiger partial charge is 0.316 e. The van der Waals surface area contributed by atoms with Crippen LogP contribution in [0.4, 0.5) is 0 Å². The van der Waals surface area contributed by atoms with Crippen LogP contribution in [0.5, 0.6) is 0 Å². The first-order valence-electron chi connectivity index (χ1n) is 6.67. The van der Waals surface area contributed by atoms with Crippen LogP contribution in [-0.4, -0.2) is 38.1 Å². The van der Waals surface area contributed by atoms with Gasteiger partial charge in [0, 0.05) is 13.1 Å². The van der Waals surface area contributed by atoms with E-state index in [2.05, 4.69) is 55.4 Å². The highest BCUT2D eigenvalue weighted by Gasteiger charge is 1.98. The fourth-order valence-electron chi connectivity index (χ4n) is 1.87. The zero-order valence-electron chi connectivity index (χ0n) is 11.5. The van der Waals surface area contributed by atoms with E-state index in [0.717, 1.165) is 19.6 Å². The fourth-order valence-corrected chi connectivity index (χ4v) is 1.87. The molecule has 0 saturated carbocycles. The van der Waals surface area contributed by atoms with E-state index < -0.39 is 0 Å². The first kappa shape index (κ1) is 14.2. The Bertz CT molecular complexity index is 292. The van der Waals surface area contributed by atoms with Gasteiger partial charge >= 0.3 is 0 Å². The lowest BCUT2D eigenvalue weighted by molar-refractivity contribution is 0.328. The standard InChI is InChI=1S/C15H26N2/c1-4-16-11-13-17(3)12-5-6-15-9-7-14(2)8-10-15/h7-10,16H,4-6,11-13H2,1-3H3. The van der Waals surface area contributed by atoms with Crippen molar-refractivity contribution >= 4 is 0 Å². The predicted octanol–water partition coefficient (Wildman–Crippen LogP) is 2.47. The molecule has 2 nitrogen and oxygen atoms in total. The predicted molar refractivity (Wildman–Crippen MR) is 75.5 cm³/mol. The smallest absolute Gasteiger partial charge is 0.0104 e. The second-order valence-corrected chi connectivity index (χ2v) is 4.75. The topological polar surface area (TPSA) is 15.3 Å². The first-order chi connectivity index (χ1) is 8.22. The van der Waals surface area contributed by atoms with Crippen LogP contribution in [0.1, 0.15) is 24.5 Å². The van der Waals surface area contributed by atoms with Crippen molar-refractivity contribution < 1.29 is 0 Å². The minimum atomic E-state index is 1.07. The highest BCUT2D eigenvalue weighted by Crippen LogP contribution is 2.05. The Morgan fingerprint density at radius 2 is 1.82 bits per heavy atom. The molecular weight excluding hydrogens is 208 g/mol. The Morgan fingerprint density at radius 3 is 2.47 bits per heavy atom. The molecular formula is C15H26N2. The van der Waals surface area contributed by atoms with Crippen LogP contribution in [0.3, 0.4) is 0 Å². The van der Waals surface area contributed by atoms with Crippen LogP contribution in [0.25, 0.3) is 0 Å². The van der Waals surface area contributed by atoms with Crippen LogP contribution in [0.2, 0.25) is 0 Å². The number of likely N-dealkylation sites (N-methyl/N-ethyl adjacent to an activating group) is 2. The van der Waals surface area contributed by atoms with Crippen molar-refractivity contribution in [1.82, 2.24) is 10.2 Å². The summed E-state index contributed by atoms with van der Waals surface area (Å²) in [4.78, 5) is 2.40. The Morgan fingerprint density at radius 1 is 1.12 bits per heavy atom. The summed E-state index contributed by atoms with van der Waals surface area (Å²) in [5.74, 6) is 0. The van der Waals surface area contributed by atoms with Crippen molar-refractivity contribution in [2.45, 2.75) is 26.7 Å². The Hall–Kier alpha value is -0.860. The minimum absolute atomic E-state index is 1.07. The summed E-state index contributed by atoms with van der Waals surface area (Å²) in [7, 11) is 2.20. The number of hydrogen-bond donors (Lipinski definition) is 1. The highest BCUT2D eigenvalue weighted by atomic mass is 15.1. The van der Waals surface area contributed by atoms with Crippen molar-refractivity contribution in [3.8, 4) is 0 Å². The molecule has 96 valence electrons. The van der Waals surface area contributed by atoms with Gasteiger partial charge in [0.25, 0.3) is 0 Å². The molecule has 0 unspecified atom stereocenters. The second kappa shape index (κ2) is 8.26. The molecule has 0 amide bonds. The molecule has 0 aliphatic heterocycles. The van der Waals surface area contributed by atoms with Crippen LogP contribution in [0, 0.1) is 6.92 Å². The molecule has 0 atom stereocenters. The number of nitrogens with one attached hydrogen (secondary N) is 1. The molecule has 2 heteroatoms. The van der Waals surface area contributed by atoms with E-state index in [4.69, 9.17) is 0 Å². The van der Waals surface area contributed by atoms with Crippen LogP contribution in [-0.2, 0) is 6.42 Å². The third-order valence-corrected chi connectivity index (χ3v) is 3.05. The van der Waals surface area contributed by atoms with Crippen LogP contribution < -0.4 is 5.32 Å². The summed E-state index contributed by atoms with van der Waals surface area (Å²) in [5, 5.41) is 3.35. The van der Waals surface area contributed by atoms with E-state index in [-0.39, 0.29) is 0 Å². The number of benzene rings is 1. The van der Waals surface area contributed by atoms with E-state index >= 15 is 0 Å². The van der Waals surface area contributed by atoms with Crippen molar-refractivity contribution in [3.63, 3.8) is 0 Å². The van der Waals surface area contributed by atoms with Crippen molar-refractivity contribution in [1.29, 1.82) is 0 Å². The van der Waals surface area contributed by atoms with E-state index in [1.807, 2.05) is 0 Å². The molecule has 1 aromatic carbocycles. The van der Waals surface area contributed by atoms with E-state index in [0.29, 0.717) is 0 Å². The van der Waals surface area contributed by atoms with Gasteiger partial charge in [0.1, 0.15) is 0 Å². The average molecular weight is 234 g/mol. The lowest BCUT2D eigenvalue weighted by atomic mass is 10.1. The molecule has 0 radical (unpaired) electrons. The lowest BCUT2D eigenvalue weighted by Crippen LogP contribution is -2.29. The zero-order valence-corrected chi connectivity index (χ0v) is 11.5. The Kier molecular flexibility index (Phi) is 6.90. The van der Waals surface area contributed by atoms with Crippen LogP contribution >= 0.6 is 0 Å². The lowest BCUT2D eigenvalue weighted by Gasteiger charge is -2.16. The summed E-state index contributed by atoms with van der Waals surface area (Å²) in [6.45, 7) is 8.77. The van der Waals surface area contributed by atoms with Gasteiger partial charge in [0.15, 0.2) is 0 Å². The fraction of sp³-hybridized carbons (Fsp3) is 0.600. The van der Waals surface area contributed by atoms with Gasteiger partial charge in [-0.25, -0.2) is 0 Å². The number of hydrogen-bond acceptors (Lipinski definition) is 2. The summed E-state index contributed by atoms with van der Waals surface area (Å²) < 4.78 is 0. The second-order valence-electron chi connectivity index (χ2n) is 4.75. The van der Waals surface area contributed by atoms with Crippen LogP contribution in [0.15, 0.2) is 24.3 Å². The highest BCUT2D eigenvalue weighted by molar-refractivity contribution is 5.21. The summed E-state index contributed by atoms with van der Waals surface area (Å²) >= 11 is 0. The molecule has 0 bridgehead atoms. The van der Waals surface area contributed by atoms with Gasteiger partial charge in [-0.2, -0.15) is 0 Å². The van der Waals surface area contributed by atoms with Gasteiger partial charge in [-0.1, -0.05) is 36.8 Å². The SMILES string of the molecule is CCNCCN(C)CCCc1ccc(C)cc1. The average Bonchev–Trinajstić information content (AvgIpc) is 2.32. The van der Waals surface area contributed by atoms with Gasteiger partial charge in [0.05, 0.1) is 0 Å². The normalized spacial score (nSPS) is 11.1. The number of nitrogens with zero attached hydrogens (tertiary/aromatic N) is 1. The molecule has 1 rings (SSSR count). The third-order valence-electron chi connectivity index (χ3n) is 3.05. The summed E-state index contributed by atoms with van der Waals surface area (Å²) in [5.41, 5.74) is 2.80. The van der Waals surface area contributed by atoms with Crippen molar-refractivity contribution in [3.05, 3.63) is 35.4 Å². The van der Waals surface area contributed by atoms with Gasteiger partial charge in [-0.05, 0) is 45.5 Å². The number of rotatable bonds is 8. The molecule has 0 aliphatic carbocycles. The Balaban J connectivity index is 2.12. The monoisotopic (exact) mass is 234 g/mol. The van der Waals surface area contributed by atoms with Gasteiger partial charge in [0.2, 0.25) is 0 Å². The molecule has 17 heavy (non-hydrogen) atoms. The van der Waals surface area contributed by atoms with E-state index in [1.165, 1.54) is 30.5 Å². The maximum Gasteiger partial charge on any atom is 0.0104 e. The summed E-state index contributed by atoms with van der Waals surface area (Å²) in [6.07, 6.45) is 2.43. The van der Waals surface area contributed by atoms with Gasteiger partial charge < -0.3 is 10.2 Å².